The van der Waals surface area contributed by atoms with Gasteiger partial charge < -0.3 is 11.1 Å². The Kier molecular flexibility index (Phi) is 6.39. The number of fused-ring (bicyclic) bond motifs is 1. The van der Waals surface area contributed by atoms with Gasteiger partial charge in [-0.3, -0.25) is 9.20 Å². The maximum absolute atomic E-state index is 12.3. The van der Waals surface area contributed by atoms with Crippen molar-refractivity contribution >= 4 is 24.0 Å². The topological polar surface area (TPSA) is 94.4 Å². The number of carbonyl (C=O) groups is 1. The number of nitrogens with zero attached hydrogens (tertiary/aromatic N) is 3. The summed E-state index contributed by atoms with van der Waals surface area (Å²) in [6.45, 7) is 0.347. The number of halogens is 1. The van der Waals surface area contributed by atoms with Crippen LogP contribution in [0.5, 0.6) is 0 Å². The molecule has 1 aliphatic carbocycles. The van der Waals surface area contributed by atoms with Crippen LogP contribution in [0, 0.1) is 5.92 Å². The minimum atomic E-state index is -0.308. The lowest BCUT2D eigenvalue weighted by Crippen LogP contribution is -2.47. The molecule has 3 rings (SSSR count). The zero-order chi connectivity index (χ0) is 16.2. The molecule has 0 aliphatic heterocycles. The van der Waals surface area contributed by atoms with Crippen molar-refractivity contribution in [2.45, 2.75) is 44.7 Å². The number of amides is 1. The highest BCUT2D eigenvalue weighted by atomic mass is 35.5. The molecule has 1 fully saturated rings. The van der Waals surface area contributed by atoms with E-state index in [0.29, 0.717) is 18.1 Å². The molecule has 1 unspecified atom stereocenters. The molecule has 2 heterocycles. The third-order valence-corrected chi connectivity index (χ3v) is 4.60. The highest BCUT2D eigenvalue weighted by molar-refractivity contribution is 5.85. The van der Waals surface area contributed by atoms with Crippen LogP contribution in [0.4, 0.5) is 0 Å². The van der Waals surface area contributed by atoms with E-state index in [-0.39, 0.29) is 36.6 Å². The van der Waals surface area contributed by atoms with Gasteiger partial charge in [0.25, 0.3) is 0 Å². The number of aromatic nitrogens is 3. The first-order chi connectivity index (χ1) is 11.2. The maximum Gasteiger partial charge on any atom is 0.350 e. The zero-order valence-electron chi connectivity index (χ0n) is 13.6. The van der Waals surface area contributed by atoms with E-state index in [9.17, 15) is 9.59 Å². The van der Waals surface area contributed by atoms with Crippen molar-refractivity contribution < 1.29 is 4.79 Å². The van der Waals surface area contributed by atoms with Crippen molar-refractivity contribution in [1.82, 2.24) is 19.5 Å². The standard InChI is InChI=1S/C16H23N5O2.ClH/c17-10-13(12-6-2-1-3-7-12)18-15(22)11-21-16(23)20-9-5-4-8-14(20)19-21;/h4-5,8-9,12-13H,1-3,6-7,10-11,17H2,(H,18,22);1H. The maximum atomic E-state index is 12.3. The molecule has 3 N–H and O–H groups in total. The van der Waals surface area contributed by atoms with Gasteiger partial charge in [-0.25, -0.2) is 9.48 Å². The molecular formula is C16H24ClN5O2. The van der Waals surface area contributed by atoms with E-state index in [4.69, 9.17) is 5.73 Å². The number of pyridine rings is 1. The summed E-state index contributed by atoms with van der Waals surface area (Å²) in [6, 6.07) is 5.28. The van der Waals surface area contributed by atoms with Crippen molar-refractivity contribution in [3.63, 3.8) is 0 Å². The molecule has 24 heavy (non-hydrogen) atoms. The number of hydrogen-bond acceptors (Lipinski definition) is 4. The lowest BCUT2D eigenvalue weighted by molar-refractivity contribution is -0.123. The van der Waals surface area contributed by atoms with Gasteiger partial charge in [0.2, 0.25) is 5.91 Å². The molecule has 1 saturated carbocycles. The molecule has 2 aromatic heterocycles. The molecular weight excluding hydrogens is 330 g/mol. The van der Waals surface area contributed by atoms with Crippen LogP contribution >= 0.6 is 12.4 Å². The summed E-state index contributed by atoms with van der Waals surface area (Å²) in [5, 5.41) is 7.16. The Labute approximate surface area is 146 Å². The zero-order valence-corrected chi connectivity index (χ0v) is 14.4. The van der Waals surface area contributed by atoms with E-state index in [1.165, 1.54) is 28.3 Å². The molecule has 2 aromatic rings. The van der Waals surface area contributed by atoms with Crippen molar-refractivity contribution in [3.8, 4) is 0 Å². The largest absolute Gasteiger partial charge is 0.350 e. The Morgan fingerprint density at radius 1 is 1.33 bits per heavy atom. The van der Waals surface area contributed by atoms with Crippen LogP contribution in [0.15, 0.2) is 29.2 Å². The van der Waals surface area contributed by atoms with Crippen molar-refractivity contribution in [3.05, 3.63) is 34.9 Å². The molecule has 0 aromatic carbocycles. The molecule has 0 bridgehead atoms. The van der Waals surface area contributed by atoms with Crippen LogP contribution in [-0.2, 0) is 11.3 Å². The fourth-order valence-corrected chi connectivity index (χ4v) is 3.37. The second kappa shape index (κ2) is 8.30. The normalized spacial score (nSPS) is 16.5. The van der Waals surface area contributed by atoms with Crippen LogP contribution < -0.4 is 16.7 Å². The summed E-state index contributed by atoms with van der Waals surface area (Å²) in [6.07, 6.45) is 7.51. The number of nitrogens with two attached hydrogens (primary N) is 1. The molecule has 132 valence electrons. The van der Waals surface area contributed by atoms with Gasteiger partial charge in [-0.1, -0.05) is 25.3 Å². The van der Waals surface area contributed by atoms with E-state index in [1.54, 1.807) is 24.4 Å². The summed E-state index contributed by atoms with van der Waals surface area (Å²) >= 11 is 0. The number of nitrogens with one attached hydrogen (secondary N) is 1. The van der Waals surface area contributed by atoms with Gasteiger partial charge in [0.15, 0.2) is 5.65 Å². The minimum absolute atomic E-state index is 0. The number of hydrogen-bond donors (Lipinski definition) is 2. The molecule has 0 saturated heterocycles. The van der Waals surface area contributed by atoms with Crippen LogP contribution in [0.1, 0.15) is 32.1 Å². The monoisotopic (exact) mass is 353 g/mol. The first-order valence-electron chi connectivity index (χ1n) is 8.22. The Hall–Kier alpha value is -1.86. The average Bonchev–Trinajstić information content (AvgIpc) is 2.90. The van der Waals surface area contributed by atoms with E-state index in [2.05, 4.69) is 10.4 Å². The molecule has 1 amide bonds. The van der Waals surface area contributed by atoms with Crippen molar-refractivity contribution in [1.29, 1.82) is 0 Å². The smallest absolute Gasteiger partial charge is 0.350 e. The highest BCUT2D eigenvalue weighted by Gasteiger charge is 2.24. The second-order valence-electron chi connectivity index (χ2n) is 6.18. The summed E-state index contributed by atoms with van der Waals surface area (Å²) < 4.78 is 2.62. The lowest BCUT2D eigenvalue weighted by atomic mass is 9.84. The van der Waals surface area contributed by atoms with Gasteiger partial charge in [-0.2, -0.15) is 0 Å². The van der Waals surface area contributed by atoms with Crippen molar-refractivity contribution in [2.75, 3.05) is 6.54 Å². The van der Waals surface area contributed by atoms with E-state index in [1.807, 2.05) is 0 Å². The third-order valence-electron chi connectivity index (χ3n) is 4.60. The Morgan fingerprint density at radius 3 is 2.75 bits per heavy atom. The van der Waals surface area contributed by atoms with Crippen LogP contribution in [0.25, 0.3) is 5.65 Å². The van der Waals surface area contributed by atoms with Crippen LogP contribution in [-0.4, -0.2) is 32.7 Å². The first-order valence-corrected chi connectivity index (χ1v) is 8.22. The molecule has 0 radical (unpaired) electrons. The summed E-state index contributed by atoms with van der Waals surface area (Å²) in [7, 11) is 0. The van der Waals surface area contributed by atoms with Crippen LogP contribution in [0.3, 0.4) is 0 Å². The first kappa shape index (κ1) is 18.5. The van der Waals surface area contributed by atoms with Gasteiger partial charge in [0.1, 0.15) is 6.54 Å². The molecule has 0 spiro atoms. The third kappa shape index (κ3) is 3.96. The Balaban J connectivity index is 0.00000208. The van der Waals surface area contributed by atoms with Gasteiger partial charge >= 0.3 is 5.69 Å². The molecule has 1 atom stereocenters. The average molecular weight is 354 g/mol. The fraction of sp³-hybridized carbons (Fsp3) is 0.562. The number of carbonyl (C=O) groups excluding carboxylic acids is 1. The Bertz CT molecular complexity index is 735. The summed E-state index contributed by atoms with van der Waals surface area (Å²) in [5.41, 5.74) is 6.06. The predicted molar refractivity (Wildman–Crippen MR) is 94.3 cm³/mol. The number of rotatable bonds is 5. The highest BCUT2D eigenvalue weighted by Crippen LogP contribution is 2.26. The quantitative estimate of drug-likeness (QED) is 0.836. The van der Waals surface area contributed by atoms with Gasteiger partial charge in [0, 0.05) is 18.8 Å². The summed E-state index contributed by atoms with van der Waals surface area (Å²) in [4.78, 5) is 24.5. The van der Waals surface area contributed by atoms with Gasteiger partial charge in [0.05, 0.1) is 0 Å². The SMILES string of the molecule is Cl.NCC(NC(=O)Cn1nc2ccccn2c1=O)C1CCCCC1. The minimum Gasteiger partial charge on any atom is -0.350 e. The van der Waals surface area contributed by atoms with Crippen molar-refractivity contribution in [2.24, 2.45) is 11.7 Å². The molecule has 1 aliphatic rings. The van der Waals surface area contributed by atoms with Gasteiger partial charge in [-0.15, -0.1) is 17.5 Å². The predicted octanol–water partition coefficient (Wildman–Crippen LogP) is 0.942. The Morgan fingerprint density at radius 2 is 2.08 bits per heavy atom. The lowest BCUT2D eigenvalue weighted by Gasteiger charge is -2.30. The summed E-state index contributed by atoms with van der Waals surface area (Å²) in [5.74, 6) is 0.229. The fourth-order valence-electron chi connectivity index (χ4n) is 3.37. The van der Waals surface area contributed by atoms with Gasteiger partial charge in [-0.05, 0) is 30.9 Å². The van der Waals surface area contributed by atoms with E-state index < -0.39 is 0 Å². The van der Waals surface area contributed by atoms with Crippen LogP contribution in [0.2, 0.25) is 0 Å². The van der Waals surface area contributed by atoms with E-state index >= 15 is 0 Å². The molecule has 8 heteroatoms. The molecule has 7 nitrogen and oxygen atoms in total. The second-order valence-corrected chi connectivity index (χ2v) is 6.18. The van der Waals surface area contributed by atoms with E-state index in [0.717, 1.165) is 12.8 Å².